The lowest BCUT2D eigenvalue weighted by Gasteiger charge is -2.15. The molecule has 0 aliphatic rings. The summed E-state index contributed by atoms with van der Waals surface area (Å²) in [6.07, 6.45) is 0. The van der Waals surface area contributed by atoms with Crippen molar-refractivity contribution < 1.29 is 18.3 Å². The van der Waals surface area contributed by atoms with E-state index in [2.05, 4.69) is 10.3 Å². The number of hydrogen-bond donors (Lipinski definition) is 3. The molecule has 3 N–H and O–H groups in total. The molecular weight excluding hydrogens is 411 g/mol. The molecule has 0 unspecified atom stereocenters. The van der Waals surface area contributed by atoms with E-state index in [1.807, 2.05) is 0 Å². The van der Waals surface area contributed by atoms with Gasteiger partial charge in [0.15, 0.2) is 0 Å². The third-order valence-electron chi connectivity index (χ3n) is 3.47. The van der Waals surface area contributed by atoms with Crippen LogP contribution >= 0.6 is 34.8 Å². The van der Waals surface area contributed by atoms with E-state index in [-0.39, 0.29) is 26.2 Å². The monoisotopic (exact) mass is 422 g/mol. The summed E-state index contributed by atoms with van der Waals surface area (Å²) in [6, 6.07) is 5.27. The van der Waals surface area contributed by atoms with Gasteiger partial charge >= 0.3 is 5.97 Å². The molecule has 2 aromatic carbocycles. The van der Waals surface area contributed by atoms with Gasteiger partial charge in [0.05, 0.1) is 26.2 Å². The van der Waals surface area contributed by atoms with Gasteiger partial charge < -0.3 is 10.5 Å². The summed E-state index contributed by atoms with van der Waals surface area (Å²) in [6.45, 7) is 3.21. The first-order chi connectivity index (χ1) is 11.5. The van der Waals surface area contributed by atoms with E-state index in [1.54, 1.807) is 13.8 Å². The minimum Gasteiger partial charge on any atom is -0.478 e. The van der Waals surface area contributed by atoms with Gasteiger partial charge in [0, 0.05) is 5.02 Å². The molecule has 25 heavy (non-hydrogen) atoms. The van der Waals surface area contributed by atoms with E-state index in [0.29, 0.717) is 16.1 Å². The van der Waals surface area contributed by atoms with Crippen molar-refractivity contribution in [3.05, 3.63) is 56.0 Å². The van der Waals surface area contributed by atoms with Gasteiger partial charge in [-0.15, -0.1) is 4.83 Å². The minimum absolute atomic E-state index is 0.118. The van der Waals surface area contributed by atoms with Crippen LogP contribution in [-0.4, -0.2) is 19.5 Å². The summed E-state index contributed by atoms with van der Waals surface area (Å²) in [7, 11) is -4.09. The van der Waals surface area contributed by atoms with Gasteiger partial charge in [-0.2, -0.15) is 0 Å². The number of benzene rings is 2. The van der Waals surface area contributed by atoms with Crippen molar-refractivity contribution in [2.24, 2.45) is 0 Å². The van der Waals surface area contributed by atoms with Crippen LogP contribution in [-0.2, 0) is 10.0 Å². The first-order valence-electron chi connectivity index (χ1n) is 6.80. The van der Waals surface area contributed by atoms with Gasteiger partial charge in [-0.1, -0.05) is 34.8 Å². The number of carbonyl (C=O) groups is 1. The Kier molecular flexibility index (Phi) is 5.86. The highest BCUT2D eigenvalue weighted by atomic mass is 35.5. The molecule has 0 heterocycles. The zero-order valence-corrected chi connectivity index (χ0v) is 16.1. The lowest BCUT2D eigenvalue weighted by atomic mass is 10.1. The normalized spacial score (nSPS) is 11.4. The highest BCUT2D eigenvalue weighted by Crippen LogP contribution is 2.33. The van der Waals surface area contributed by atoms with Gasteiger partial charge in [-0.3, -0.25) is 0 Å². The average Bonchev–Trinajstić information content (AvgIpc) is 2.48. The van der Waals surface area contributed by atoms with Gasteiger partial charge in [0.2, 0.25) is 0 Å². The molecule has 134 valence electrons. The van der Waals surface area contributed by atoms with Crippen molar-refractivity contribution in [3.63, 3.8) is 0 Å². The highest BCUT2D eigenvalue weighted by molar-refractivity contribution is 7.89. The summed E-state index contributed by atoms with van der Waals surface area (Å²) in [4.78, 5) is 13.1. The molecule has 0 spiro atoms. The third-order valence-corrected chi connectivity index (χ3v) is 5.66. The number of halogens is 3. The number of aromatic carboxylic acids is 1. The van der Waals surface area contributed by atoms with E-state index in [0.717, 1.165) is 6.07 Å². The number of nitrogens with one attached hydrogen (secondary N) is 2. The molecule has 0 saturated carbocycles. The maximum absolute atomic E-state index is 12.6. The van der Waals surface area contributed by atoms with Crippen LogP contribution in [0.4, 0.5) is 5.69 Å². The summed E-state index contributed by atoms with van der Waals surface area (Å²) in [5.41, 5.74) is 3.38. The number of hydrogen-bond acceptors (Lipinski definition) is 4. The van der Waals surface area contributed by atoms with Crippen molar-refractivity contribution in [1.82, 2.24) is 4.83 Å². The predicted molar refractivity (Wildman–Crippen MR) is 98.3 cm³/mol. The van der Waals surface area contributed by atoms with E-state index in [4.69, 9.17) is 39.9 Å². The number of rotatable bonds is 5. The molecule has 0 aliphatic heterocycles. The Morgan fingerprint density at radius 1 is 1.04 bits per heavy atom. The number of aryl methyl sites for hydroxylation is 1. The lowest BCUT2D eigenvalue weighted by molar-refractivity contribution is 0.0696. The van der Waals surface area contributed by atoms with E-state index < -0.39 is 16.0 Å². The minimum atomic E-state index is -4.09. The molecular formula is C15H13Cl3N2O4S. The summed E-state index contributed by atoms with van der Waals surface area (Å²) >= 11 is 17.8. The van der Waals surface area contributed by atoms with Crippen LogP contribution in [0.25, 0.3) is 0 Å². The summed E-state index contributed by atoms with van der Waals surface area (Å²) < 4.78 is 25.1. The van der Waals surface area contributed by atoms with Crippen molar-refractivity contribution in [3.8, 4) is 0 Å². The Bertz CT molecular complexity index is 938. The fourth-order valence-corrected chi connectivity index (χ4v) is 4.17. The standard InChI is InChI=1S/C15H13Cl3N2O4S/c1-7-3-9(15(21)22)4-13(8(7)2)25(23,24)20-19-14-11(17)5-10(16)6-12(14)18/h3-6,19-20H,1-2H3,(H,21,22). The maximum atomic E-state index is 12.6. The summed E-state index contributed by atoms with van der Waals surface area (Å²) in [5, 5.41) is 9.65. The average molecular weight is 424 g/mol. The number of sulfonamides is 1. The molecule has 10 heteroatoms. The molecule has 2 aromatic rings. The zero-order valence-electron chi connectivity index (χ0n) is 13.0. The molecule has 2 rings (SSSR count). The smallest absolute Gasteiger partial charge is 0.335 e. The second-order valence-electron chi connectivity index (χ2n) is 5.20. The second-order valence-corrected chi connectivity index (χ2v) is 8.10. The van der Waals surface area contributed by atoms with Gasteiger partial charge in [0.25, 0.3) is 10.0 Å². The van der Waals surface area contributed by atoms with Crippen LogP contribution in [0.3, 0.4) is 0 Å². The molecule has 0 radical (unpaired) electrons. The Balaban J connectivity index is 2.39. The predicted octanol–water partition coefficient (Wildman–Crippen LogP) is 4.27. The van der Waals surface area contributed by atoms with Crippen LogP contribution in [0.5, 0.6) is 0 Å². The van der Waals surface area contributed by atoms with Crippen LogP contribution in [0.2, 0.25) is 15.1 Å². The number of carboxylic acids is 1. The molecule has 0 saturated heterocycles. The van der Waals surface area contributed by atoms with E-state index in [9.17, 15) is 13.2 Å². The number of anilines is 1. The number of hydrazine groups is 1. The third kappa shape index (κ3) is 4.37. The van der Waals surface area contributed by atoms with Crippen LogP contribution in [0.1, 0.15) is 21.5 Å². The first-order valence-corrected chi connectivity index (χ1v) is 9.41. The Morgan fingerprint density at radius 3 is 2.12 bits per heavy atom. The van der Waals surface area contributed by atoms with Gasteiger partial charge in [0.1, 0.15) is 0 Å². The van der Waals surface area contributed by atoms with Gasteiger partial charge in [-0.25, -0.2) is 13.2 Å². The summed E-state index contributed by atoms with van der Waals surface area (Å²) in [5.74, 6) is -1.23. The van der Waals surface area contributed by atoms with Crippen LogP contribution in [0, 0.1) is 13.8 Å². The van der Waals surface area contributed by atoms with Gasteiger partial charge in [-0.05, 0) is 49.2 Å². The quantitative estimate of drug-likeness (QED) is 0.624. The molecule has 0 bridgehead atoms. The molecule has 0 amide bonds. The lowest BCUT2D eigenvalue weighted by Crippen LogP contribution is -2.30. The topological polar surface area (TPSA) is 95.5 Å². The maximum Gasteiger partial charge on any atom is 0.335 e. The zero-order chi connectivity index (χ0) is 18.9. The fraction of sp³-hybridized carbons (Fsp3) is 0.133. The van der Waals surface area contributed by atoms with Crippen molar-refractivity contribution in [1.29, 1.82) is 0 Å². The molecule has 0 aliphatic carbocycles. The molecule has 0 fully saturated rings. The Morgan fingerprint density at radius 2 is 1.60 bits per heavy atom. The molecule has 0 aromatic heterocycles. The largest absolute Gasteiger partial charge is 0.478 e. The van der Waals surface area contributed by atoms with E-state index >= 15 is 0 Å². The Labute approximate surface area is 159 Å². The number of carboxylic acid groups (broad SMARTS) is 1. The SMILES string of the molecule is Cc1cc(C(=O)O)cc(S(=O)(=O)NNc2c(Cl)cc(Cl)cc2Cl)c1C. The Hall–Kier alpha value is -1.51. The van der Waals surface area contributed by atoms with Crippen molar-refractivity contribution in [2.75, 3.05) is 5.43 Å². The highest BCUT2D eigenvalue weighted by Gasteiger charge is 2.21. The second kappa shape index (κ2) is 7.39. The van der Waals surface area contributed by atoms with Crippen molar-refractivity contribution in [2.45, 2.75) is 18.7 Å². The van der Waals surface area contributed by atoms with Crippen molar-refractivity contribution >= 4 is 56.5 Å². The first kappa shape index (κ1) is 19.8. The van der Waals surface area contributed by atoms with Crippen LogP contribution in [0.15, 0.2) is 29.2 Å². The molecule has 6 nitrogen and oxygen atoms in total. The van der Waals surface area contributed by atoms with E-state index in [1.165, 1.54) is 18.2 Å². The van der Waals surface area contributed by atoms with Crippen LogP contribution < -0.4 is 10.3 Å². The molecule has 0 atom stereocenters. The fourth-order valence-electron chi connectivity index (χ4n) is 2.06.